The molecule has 1 heteroatoms. The zero-order chi connectivity index (χ0) is 8.16. The zero-order valence-electron chi connectivity index (χ0n) is 7.28. The fourth-order valence-electron chi connectivity index (χ4n) is 1.89. The molecule has 64 valence electrons. The summed E-state index contributed by atoms with van der Waals surface area (Å²) in [5.74, 6) is 0. The Kier molecular flexibility index (Phi) is 3.64. The monoisotopic (exact) mass is 216 g/mol. The molecule has 11 heavy (non-hydrogen) atoms. The Hall–Kier alpha value is 0.220. The van der Waals surface area contributed by atoms with E-state index in [0.29, 0.717) is 5.41 Å². The van der Waals surface area contributed by atoms with E-state index in [1.165, 1.54) is 37.4 Å². The predicted octanol–water partition coefficient (Wildman–Crippen LogP) is 3.91. The number of halogens is 1. The minimum absolute atomic E-state index is 0.601. The van der Waals surface area contributed by atoms with Crippen molar-refractivity contribution < 1.29 is 0 Å². The van der Waals surface area contributed by atoms with Gasteiger partial charge in [-0.3, -0.25) is 0 Å². The molecule has 1 rings (SSSR count). The summed E-state index contributed by atoms with van der Waals surface area (Å²) in [6, 6.07) is 0. The molecule has 0 amide bonds. The quantitative estimate of drug-likeness (QED) is 0.496. The highest BCUT2D eigenvalue weighted by Crippen LogP contribution is 2.38. The van der Waals surface area contributed by atoms with Gasteiger partial charge in [-0.2, -0.15) is 0 Å². The van der Waals surface area contributed by atoms with E-state index in [4.69, 9.17) is 0 Å². The molecule has 0 bridgehead atoms. The van der Waals surface area contributed by atoms with Crippen LogP contribution in [0.25, 0.3) is 0 Å². The molecule has 1 unspecified atom stereocenters. The summed E-state index contributed by atoms with van der Waals surface area (Å²) in [7, 11) is 0. The lowest BCUT2D eigenvalue weighted by atomic mass is 9.76. The van der Waals surface area contributed by atoms with Crippen molar-refractivity contribution in [2.45, 2.75) is 39.0 Å². The van der Waals surface area contributed by atoms with E-state index in [1.54, 1.807) is 0 Å². The molecule has 0 fully saturated rings. The third-order valence-corrected chi connectivity index (χ3v) is 3.81. The van der Waals surface area contributed by atoms with Crippen molar-refractivity contribution in [1.29, 1.82) is 0 Å². The Labute approximate surface area is 78.2 Å². The molecule has 1 aliphatic rings. The van der Waals surface area contributed by atoms with Crippen molar-refractivity contribution in [3.05, 3.63) is 12.2 Å². The lowest BCUT2D eigenvalue weighted by Gasteiger charge is -2.32. The van der Waals surface area contributed by atoms with Gasteiger partial charge in [0.1, 0.15) is 0 Å². The Morgan fingerprint density at radius 1 is 1.45 bits per heavy atom. The summed E-state index contributed by atoms with van der Waals surface area (Å²) in [5, 5.41) is 1.18. The van der Waals surface area contributed by atoms with Crippen molar-refractivity contribution >= 4 is 15.9 Å². The molecular weight excluding hydrogens is 200 g/mol. The number of hydrogen-bond donors (Lipinski definition) is 0. The first-order valence-electron chi connectivity index (χ1n) is 4.54. The first-order valence-corrected chi connectivity index (χ1v) is 5.66. The minimum Gasteiger partial charge on any atom is -0.0922 e. The summed E-state index contributed by atoms with van der Waals surface area (Å²) < 4.78 is 0. The summed E-state index contributed by atoms with van der Waals surface area (Å²) >= 11 is 3.64. The van der Waals surface area contributed by atoms with Gasteiger partial charge in [-0.25, -0.2) is 0 Å². The Morgan fingerprint density at radius 3 is 2.73 bits per heavy atom. The Bertz CT molecular complexity index is 140. The molecule has 0 saturated heterocycles. The summed E-state index contributed by atoms with van der Waals surface area (Å²) in [4.78, 5) is 0. The second kappa shape index (κ2) is 4.30. The minimum atomic E-state index is 0.601. The normalized spacial score (nSPS) is 30.7. The van der Waals surface area contributed by atoms with Crippen LogP contribution >= 0.6 is 15.9 Å². The molecule has 0 N–H and O–H groups in total. The maximum absolute atomic E-state index is 3.64. The van der Waals surface area contributed by atoms with Crippen molar-refractivity contribution in [1.82, 2.24) is 0 Å². The van der Waals surface area contributed by atoms with Crippen LogP contribution in [0.2, 0.25) is 0 Å². The van der Waals surface area contributed by atoms with Gasteiger partial charge in [0.25, 0.3) is 0 Å². The third kappa shape index (κ3) is 2.33. The van der Waals surface area contributed by atoms with E-state index < -0.39 is 0 Å². The van der Waals surface area contributed by atoms with Crippen molar-refractivity contribution in [3.8, 4) is 0 Å². The molecule has 0 heterocycles. The van der Waals surface area contributed by atoms with Crippen LogP contribution in [0.15, 0.2) is 12.2 Å². The van der Waals surface area contributed by atoms with Gasteiger partial charge in [0.15, 0.2) is 0 Å². The van der Waals surface area contributed by atoms with Crippen LogP contribution in [-0.4, -0.2) is 5.33 Å². The second-order valence-electron chi connectivity index (χ2n) is 3.60. The van der Waals surface area contributed by atoms with Crippen LogP contribution in [0.1, 0.15) is 39.0 Å². The smallest absolute Gasteiger partial charge is 0.00910 e. The third-order valence-electron chi connectivity index (χ3n) is 2.62. The second-order valence-corrected chi connectivity index (χ2v) is 4.16. The number of alkyl halides is 1. The molecular formula is C10H17Br. The summed E-state index contributed by atoms with van der Waals surface area (Å²) in [5.41, 5.74) is 0.601. The molecule has 0 aliphatic heterocycles. The summed E-state index contributed by atoms with van der Waals surface area (Å²) in [6.45, 7) is 2.28. The predicted molar refractivity (Wildman–Crippen MR) is 54.1 cm³/mol. The zero-order valence-corrected chi connectivity index (χ0v) is 8.86. The van der Waals surface area contributed by atoms with Gasteiger partial charge in [0.2, 0.25) is 0 Å². The summed E-state index contributed by atoms with van der Waals surface area (Å²) in [6.07, 6.45) is 11.3. The van der Waals surface area contributed by atoms with Crippen LogP contribution in [0, 0.1) is 5.41 Å². The van der Waals surface area contributed by atoms with Gasteiger partial charge in [0.05, 0.1) is 0 Å². The van der Waals surface area contributed by atoms with Gasteiger partial charge in [0, 0.05) is 5.33 Å². The van der Waals surface area contributed by atoms with Gasteiger partial charge >= 0.3 is 0 Å². The van der Waals surface area contributed by atoms with Crippen LogP contribution in [0.5, 0.6) is 0 Å². The molecule has 0 aromatic carbocycles. The van der Waals surface area contributed by atoms with Gasteiger partial charge in [-0.05, 0) is 31.1 Å². The molecule has 0 spiro atoms. The van der Waals surface area contributed by atoms with Crippen LogP contribution in [0.3, 0.4) is 0 Å². The lowest BCUT2D eigenvalue weighted by Crippen LogP contribution is -2.23. The first kappa shape index (κ1) is 9.31. The van der Waals surface area contributed by atoms with Crippen LogP contribution in [-0.2, 0) is 0 Å². The molecule has 1 atom stereocenters. The average molecular weight is 217 g/mol. The molecule has 0 nitrogen and oxygen atoms in total. The van der Waals surface area contributed by atoms with Crippen LogP contribution in [0.4, 0.5) is 0 Å². The number of allylic oxidation sites excluding steroid dienone is 2. The molecule has 0 saturated carbocycles. The van der Waals surface area contributed by atoms with Crippen molar-refractivity contribution in [2.24, 2.45) is 5.41 Å². The standard InChI is InChI=1S/C10H17Br/c1-2-6-10(9-11)7-4-3-5-8-10/h3-4H,2,5-9H2,1H3. The van der Waals surface area contributed by atoms with E-state index in [-0.39, 0.29) is 0 Å². The van der Waals surface area contributed by atoms with Gasteiger partial charge < -0.3 is 0 Å². The molecule has 1 aliphatic carbocycles. The van der Waals surface area contributed by atoms with Gasteiger partial charge in [-0.15, -0.1) is 0 Å². The highest BCUT2D eigenvalue weighted by Gasteiger charge is 2.27. The Balaban J connectivity index is 2.51. The number of rotatable bonds is 3. The van der Waals surface area contributed by atoms with Crippen LogP contribution < -0.4 is 0 Å². The van der Waals surface area contributed by atoms with E-state index in [9.17, 15) is 0 Å². The largest absolute Gasteiger partial charge is 0.0922 e. The molecule has 0 radical (unpaired) electrons. The van der Waals surface area contributed by atoms with E-state index in [0.717, 1.165) is 0 Å². The van der Waals surface area contributed by atoms with Crippen molar-refractivity contribution in [3.63, 3.8) is 0 Å². The number of hydrogen-bond acceptors (Lipinski definition) is 0. The average Bonchev–Trinajstić information content (AvgIpc) is 2.07. The SMILES string of the molecule is CCCC1(CBr)CC=CCC1. The van der Waals surface area contributed by atoms with Crippen molar-refractivity contribution in [2.75, 3.05) is 5.33 Å². The maximum Gasteiger partial charge on any atom is 0.00910 e. The first-order chi connectivity index (χ1) is 5.33. The topological polar surface area (TPSA) is 0 Å². The molecule has 0 aromatic heterocycles. The van der Waals surface area contributed by atoms with Gasteiger partial charge in [-0.1, -0.05) is 41.4 Å². The maximum atomic E-state index is 3.64. The van der Waals surface area contributed by atoms with E-state index in [1.807, 2.05) is 0 Å². The lowest BCUT2D eigenvalue weighted by molar-refractivity contribution is 0.275. The molecule has 0 aromatic rings. The fraction of sp³-hybridized carbons (Fsp3) is 0.800. The van der Waals surface area contributed by atoms with E-state index >= 15 is 0 Å². The van der Waals surface area contributed by atoms with E-state index in [2.05, 4.69) is 35.0 Å². The fourth-order valence-corrected chi connectivity index (χ4v) is 2.68. The Morgan fingerprint density at radius 2 is 2.27 bits per heavy atom. The highest BCUT2D eigenvalue weighted by atomic mass is 79.9. The highest BCUT2D eigenvalue weighted by molar-refractivity contribution is 9.09.